The minimum atomic E-state index is -0.572. The van der Waals surface area contributed by atoms with E-state index in [1.165, 1.54) is 99.7 Å². The molecule has 4 aliphatic heterocycles. The third-order valence-electron chi connectivity index (χ3n) is 21.4. The van der Waals surface area contributed by atoms with Crippen molar-refractivity contribution in [2.24, 2.45) is 0 Å². The van der Waals surface area contributed by atoms with Crippen LogP contribution < -0.4 is 46.6 Å². The van der Waals surface area contributed by atoms with Gasteiger partial charge in [-0.3, -0.25) is 10.2 Å². The predicted molar refractivity (Wildman–Crippen MR) is 412 cm³/mol. The van der Waals surface area contributed by atoms with E-state index < -0.39 is 23.3 Å². The maximum atomic E-state index is 14.3. The Morgan fingerprint density at radius 2 is 0.750 bits per heavy atom. The van der Waals surface area contributed by atoms with Crippen LogP contribution in [-0.4, -0.2) is 96.8 Å². The lowest BCUT2D eigenvalue weighted by Crippen LogP contribution is -2.24. The van der Waals surface area contributed by atoms with Crippen LogP contribution in [0.4, 0.5) is 102 Å². The highest BCUT2D eigenvalue weighted by Gasteiger charge is 2.36. The monoisotopic (exact) mass is 1540 g/mol. The van der Waals surface area contributed by atoms with Crippen LogP contribution in [0.1, 0.15) is 196 Å². The van der Waals surface area contributed by atoms with E-state index in [4.69, 9.17) is 26.4 Å². The van der Waals surface area contributed by atoms with Gasteiger partial charge in [-0.1, -0.05) is 52.2 Å². The van der Waals surface area contributed by atoms with Crippen LogP contribution in [0.15, 0.2) is 155 Å². The molecule has 8 N–H and O–H groups in total. The Morgan fingerprint density at radius 1 is 0.366 bits per heavy atom. The number of hydrogen-bond acceptors (Lipinski definition) is 23. The number of nitrogens with two attached hydrogens (primary N) is 1. The number of nitrogens with zero attached hydrogens (tertiary/aromatic N) is 16. The lowest BCUT2D eigenvalue weighted by molar-refractivity contribution is 0.387. The third-order valence-corrected chi connectivity index (χ3v) is 21.7. The van der Waals surface area contributed by atoms with Crippen molar-refractivity contribution in [2.75, 3.05) is 72.8 Å². The molecule has 4 aromatic carbocycles. The quantitative estimate of drug-likeness (QED) is 0.0349. The number of rotatable bonds is 20. The van der Waals surface area contributed by atoms with Gasteiger partial charge in [0, 0.05) is 138 Å². The molecule has 112 heavy (non-hydrogen) atoms. The first-order valence-electron chi connectivity index (χ1n) is 38.1. The maximum absolute atomic E-state index is 14.3. The summed E-state index contributed by atoms with van der Waals surface area (Å²) in [6.45, 7) is 3.22. The van der Waals surface area contributed by atoms with Gasteiger partial charge < -0.3 is 55.6 Å². The van der Waals surface area contributed by atoms with E-state index in [-0.39, 0.29) is 41.8 Å². The summed E-state index contributed by atoms with van der Waals surface area (Å²) in [5, 5.41) is 36.0. The number of halogens is 7. The van der Waals surface area contributed by atoms with Gasteiger partial charge in [0.15, 0.2) is 23.3 Å². The summed E-state index contributed by atoms with van der Waals surface area (Å²) < 4.78 is 92.6. The van der Waals surface area contributed by atoms with E-state index in [9.17, 15) is 26.3 Å². The lowest BCUT2D eigenvalue weighted by atomic mass is 10.0. The molecule has 0 amide bonds. The Labute approximate surface area is 645 Å². The number of nitrogen functional groups attached to an aromatic ring is 1. The predicted octanol–water partition coefficient (Wildman–Crippen LogP) is 18.2. The Hall–Kier alpha value is -11.9. The molecule has 0 radical (unpaired) electrons. The number of aromatic amines is 2. The fourth-order valence-electron chi connectivity index (χ4n) is 15.2. The molecular formula is C80H80ClF6N23O2. The normalized spacial score (nSPS) is 19.2. The number of nitrogens with one attached hydrogen (secondary N) is 6. The van der Waals surface area contributed by atoms with Crippen molar-refractivity contribution in [1.29, 1.82) is 0 Å². The summed E-state index contributed by atoms with van der Waals surface area (Å²) >= 11 is 6.32. The Balaban J connectivity index is 0.000000108. The second-order valence-electron chi connectivity index (χ2n) is 29.5. The zero-order chi connectivity index (χ0) is 76.3. The highest BCUT2D eigenvalue weighted by atomic mass is 35.5. The molecule has 576 valence electrons. The van der Waals surface area contributed by atoms with Crippen LogP contribution >= 0.6 is 11.6 Å². The number of hydrogen-bond donors (Lipinski definition) is 7. The fraction of sp³-hybridized carbons (Fsp3) is 0.350. The van der Waals surface area contributed by atoms with E-state index in [2.05, 4.69) is 102 Å². The average molecular weight is 1550 g/mol. The molecule has 4 unspecified atom stereocenters. The first-order valence-corrected chi connectivity index (χ1v) is 38.4. The smallest absolute Gasteiger partial charge is 0.223 e. The molecule has 4 saturated carbocycles. The van der Waals surface area contributed by atoms with Gasteiger partial charge in [-0.2, -0.15) is 20.2 Å². The molecule has 0 spiro atoms. The second-order valence-corrected chi connectivity index (χ2v) is 29.9. The van der Waals surface area contributed by atoms with Crippen LogP contribution in [0.3, 0.4) is 0 Å². The molecule has 8 aliphatic rings. The van der Waals surface area contributed by atoms with E-state index in [0.717, 1.165) is 142 Å². The minimum Gasteiger partial charge on any atom is -0.368 e. The number of H-pyrrole nitrogens is 2. The van der Waals surface area contributed by atoms with E-state index >= 15 is 0 Å². The summed E-state index contributed by atoms with van der Waals surface area (Å²) in [5.41, 5.74) is 11.2. The molecule has 4 aliphatic carbocycles. The highest BCUT2D eigenvalue weighted by Crippen LogP contribution is 2.46. The maximum Gasteiger partial charge on any atom is 0.223 e. The molecular weight excluding hydrogens is 1460 g/mol. The Morgan fingerprint density at radius 3 is 1.20 bits per heavy atom. The molecule has 8 fully saturated rings. The molecule has 12 aromatic rings. The third kappa shape index (κ3) is 17.3. The van der Waals surface area contributed by atoms with Crippen LogP contribution in [0.25, 0.3) is 0 Å². The first kappa shape index (κ1) is 72.9. The molecule has 0 bridgehead atoms. The van der Waals surface area contributed by atoms with Gasteiger partial charge in [-0.15, -0.1) is 0 Å². The molecule has 32 heteroatoms. The summed E-state index contributed by atoms with van der Waals surface area (Å²) in [6.07, 6.45) is 21.3. The lowest BCUT2D eigenvalue weighted by Gasteiger charge is -2.27. The van der Waals surface area contributed by atoms with Crippen molar-refractivity contribution in [3.8, 4) is 0 Å². The van der Waals surface area contributed by atoms with Crippen molar-refractivity contribution in [3.05, 3.63) is 231 Å². The fourth-order valence-corrected chi connectivity index (χ4v) is 15.5. The van der Waals surface area contributed by atoms with Gasteiger partial charge in [0.25, 0.3) is 0 Å². The Bertz CT molecular complexity index is 5120. The SMILES string of the molecule is Fc1ccc(C2CCCN2c2cc(Nc3cc(C4CC4)[nH]n3)ncn2)c(F)c1.Fc1ccc(C2CCCN2c2cc(Nc3cc(C4CC4)on3)ncn2)c(F)c1.Fc1ccc(C2CCCN2c2cc(Nc3cc(C4CC4)on3)ncn2)cc1.Nc1nc(Nc2cc(C3CC3)[nH]n2)cc(N2CCCC2c2ccc(F)cc2Cl)n1. The molecule has 20 rings (SSSR count). The van der Waals surface area contributed by atoms with E-state index in [0.29, 0.717) is 104 Å². The summed E-state index contributed by atoms with van der Waals surface area (Å²) in [5.74, 6) is 9.59. The number of anilines is 13. The molecule has 4 atom stereocenters. The van der Waals surface area contributed by atoms with Crippen molar-refractivity contribution >= 4 is 87.4 Å². The van der Waals surface area contributed by atoms with E-state index in [1.807, 2.05) is 70.5 Å². The van der Waals surface area contributed by atoms with E-state index in [1.54, 1.807) is 12.4 Å². The number of benzene rings is 4. The topological polar surface area (TPSA) is 300 Å². The van der Waals surface area contributed by atoms with Crippen molar-refractivity contribution in [3.63, 3.8) is 0 Å². The largest absolute Gasteiger partial charge is 0.368 e. The molecule has 25 nitrogen and oxygen atoms in total. The minimum absolute atomic E-state index is 0.0112. The average Bonchev–Trinajstić information content (AvgIpc) is 1.65. The molecule has 4 saturated heterocycles. The summed E-state index contributed by atoms with van der Waals surface area (Å²) in [6, 6.07) is 33.9. The van der Waals surface area contributed by atoms with Crippen LogP contribution in [-0.2, 0) is 0 Å². The second kappa shape index (κ2) is 32.2. The standard InChI is InChI=1S/C20H21ClFN7.C20H20F2N6.C20H19F2N5O.C20H20FN5O/c21-14-8-12(22)5-6-13(14)16-2-1-7-29(16)19-10-17(25-20(23)26-19)24-18-9-15(27-28-18)11-3-4-11;21-13-5-6-14(15(22)8-13)17-2-1-7-28(17)20-10-18(23-11-24-20)25-19-9-16(26-27-19)12-3-4-12;21-13-5-6-14(15(22)8-13)16-2-1-7-27(16)20-10-18(23-11-24-20)25-19-9-17(28-26-19)12-3-4-12;21-15-7-5-13(6-8-15)16-2-1-9-26(16)20-11-18(22-12-23-20)24-19-10-17(27-25-19)14-3-4-14/h5-6,8-11,16H,1-4,7H2,(H4,23,24,25,26,27,28);5-6,8-12,17H,1-4,7H2,(H2,23,24,25,26,27);5-6,8-12,16H,1-4,7H2,(H,23,24,25,26);5-8,10-12,14,16H,1-4,9H2,(H,22,23,24,25). The Kier molecular flexibility index (Phi) is 21.0. The highest BCUT2D eigenvalue weighted by molar-refractivity contribution is 6.31. The van der Waals surface area contributed by atoms with Crippen LogP contribution in [0.2, 0.25) is 5.02 Å². The molecule has 8 aromatic heterocycles. The summed E-state index contributed by atoms with van der Waals surface area (Å²) in [4.78, 5) is 43.2. The van der Waals surface area contributed by atoms with Crippen LogP contribution in [0.5, 0.6) is 0 Å². The van der Waals surface area contributed by atoms with Gasteiger partial charge in [-0.05, 0) is 150 Å². The van der Waals surface area contributed by atoms with Crippen molar-refractivity contribution < 1.29 is 35.4 Å². The van der Waals surface area contributed by atoms with Crippen molar-refractivity contribution in [2.45, 2.75) is 151 Å². The van der Waals surface area contributed by atoms with Gasteiger partial charge in [-0.25, -0.2) is 56.2 Å². The zero-order valence-corrected chi connectivity index (χ0v) is 61.6. The summed E-state index contributed by atoms with van der Waals surface area (Å²) in [7, 11) is 0. The van der Waals surface area contributed by atoms with Gasteiger partial charge in [0.05, 0.1) is 24.2 Å². The van der Waals surface area contributed by atoms with Crippen molar-refractivity contribution in [1.82, 2.24) is 70.6 Å². The number of aromatic nitrogens is 14. The van der Waals surface area contributed by atoms with Gasteiger partial charge in [0.1, 0.15) is 112 Å². The van der Waals surface area contributed by atoms with Gasteiger partial charge >= 0.3 is 0 Å². The van der Waals surface area contributed by atoms with Crippen LogP contribution in [0, 0.1) is 34.9 Å². The zero-order valence-electron chi connectivity index (χ0n) is 60.8. The first-order chi connectivity index (χ1) is 54.7. The molecule has 12 heterocycles. The van der Waals surface area contributed by atoms with Gasteiger partial charge in [0.2, 0.25) is 5.95 Å².